The Morgan fingerprint density at radius 1 is 1.28 bits per heavy atom. The number of H-pyrrole nitrogens is 1. The number of carbonyl (C=O) groups is 1. The van der Waals surface area contributed by atoms with Gasteiger partial charge in [0.2, 0.25) is 0 Å². The van der Waals surface area contributed by atoms with Crippen molar-refractivity contribution in [2.75, 3.05) is 27.2 Å². The lowest BCUT2D eigenvalue weighted by molar-refractivity contribution is 0.0952. The number of benzene rings is 2. The summed E-state index contributed by atoms with van der Waals surface area (Å²) < 4.78 is 5.57. The number of rotatable bonds is 5. The van der Waals surface area contributed by atoms with Gasteiger partial charge in [-0.15, -0.1) is 0 Å². The number of hydrogen-bond acceptors (Lipinski definition) is 4. The van der Waals surface area contributed by atoms with Gasteiger partial charge >= 0.3 is 0 Å². The van der Waals surface area contributed by atoms with Crippen LogP contribution in [0, 0.1) is 0 Å². The predicted molar refractivity (Wildman–Crippen MR) is 96.7 cm³/mol. The van der Waals surface area contributed by atoms with Crippen molar-refractivity contribution in [1.82, 2.24) is 20.2 Å². The predicted octanol–water partition coefficient (Wildman–Crippen LogP) is 2.41. The second-order valence-corrected chi connectivity index (χ2v) is 6.43. The third-order valence-corrected chi connectivity index (χ3v) is 4.33. The summed E-state index contributed by atoms with van der Waals surface area (Å²) in [5.41, 5.74) is 4.21. The summed E-state index contributed by atoms with van der Waals surface area (Å²) in [5, 5.41) is 2.94. The lowest BCUT2D eigenvalue weighted by atomic mass is 10.1. The van der Waals surface area contributed by atoms with Crippen LogP contribution in [0.4, 0.5) is 0 Å². The molecule has 0 atom stereocenters. The van der Waals surface area contributed by atoms with Crippen LogP contribution >= 0.6 is 0 Å². The second-order valence-electron chi connectivity index (χ2n) is 6.43. The number of para-hydroxylation sites is 2. The quantitative estimate of drug-likeness (QED) is 0.751. The third-order valence-electron chi connectivity index (χ3n) is 4.33. The smallest absolute Gasteiger partial charge is 0.253 e. The molecule has 0 spiro atoms. The number of nitrogens with zero attached hydrogens (tertiary/aromatic N) is 2. The van der Waals surface area contributed by atoms with E-state index in [0.717, 1.165) is 29.2 Å². The molecule has 0 radical (unpaired) electrons. The summed E-state index contributed by atoms with van der Waals surface area (Å²) in [4.78, 5) is 22.5. The van der Waals surface area contributed by atoms with Crippen LogP contribution in [0.1, 0.15) is 15.9 Å². The number of amides is 1. The minimum Gasteiger partial charge on any atom is -0.488 e. The van der Waals surface area contributed by atoms with Gasteiger partial charge in [-0.1, -0.05) is 18.2 Å². The molecule has 25 heavy (non-hydrogen) atoms. The molecule has 0 saturated heterocycles. The van der Waals surface area contributed by atoms with Crippen molar-refractivity contribution in [2.24, 2.45) is 0 Å². The van der Waals surface area contributed by atoms with Crippen LogP contribution in [0.15, 0.2) is 36.4 Å². The van der Waals surface area contributed by atoms with E-state index in [1.165, 1.54) is 5.56 Å². The van der Waals surface area contributed by atoms with E-state index >= 15 is 0 Å². The van der Waals surface area contributed by atoms with Crippen LogP contribution in [0.5, 0.6) is 5.75 Å². The first kappa shape index (κ1) is 15.7. The Labute approximate surface area is 145 Å². The topological polar surface area (TPSA) is 70.2 Å². The molecule has 0 saturated carbocycles. The highest BCUT2D eigenvalue weighted by molar-refractivity contribution is 6.05. The Balaban J connectivity index is 1.67. The number of likely N-dealkylation sites (N-methyl/N-ethyl adjacent to an activating group) is 1. The van der Waals surface area contributed by atoms with Crippen molar-refractivity contribution in [3.8, 4) is 17.1 Å². The number of nitrogens with one attached hydrogen (secondary N) is 2. The summed E-state index contributed by atoms with van der Waals surface area (Å²) in [6, 6.07) is 11.6. The fourth-order valence-electron chi connectivity index (χ4n) is 2.96. The minimum absolute atomic E-state index is 0.109. The molecule has 1 amide bonds. The standard InChI is InChI=1S/C19H20N4O2/c1-23(2)10-9-20-19(24)13-6-4-8-15-16(13)22-18(21-15)14-7-3-5-12-11-25-17(12)14/h3-8H,9-11H2,1-2H3,(H,20,24)(H,21,22). The van der Waals surface area contributed by atoms with Gasteiger partial charge in [0.1, 0.15) is 23.7 Å². The van der Waals surface area contributed by atoms with Crippen LogP contribution in [0.25, 0.3) is 22.4 Å². The normalized spacial score (nSPS) is 12.6. The summed E-state index contributed by atoms with van der Waals surface area (Å²) in [6.45, 7) is 2.03. The van der Waals surface area contributed by atoms with E-state index in [2.05, 4.69) is 21.4 Å². The van der Waals surface area contributed by atoms with Gasteiger partial charge < -0.3 is 19.9 Å². The first-order valence-electron chi connectivity index (χ1n) is 8.30. The largest absolute Gasteiger partial charge is 0.488 e. The van der Waals surface area contributed by atoms with E-state index < -0.39 is 0 Å². The van der Waals surface area contributed by atoms with Crippen LogP contribution in [0.3, 0.4) is 0 Å². The van der Waals surface area contributed by atoms with Gasteiger partial charge in [0.05, 0.1) is 16.6 Å². The zero-order chi connectivity index (χ0) is 17.4. The Kier molecular flexibility index (Phi) is 3.89. The highest BCUT2D eigenvalue weighted by Crippen LogP contribution is 2.38. The van der Waals surface area contributed by atoms with Crippen molar-refractivity contribution >= 4 is 16.9 Å². The van der Waals surface area contributed by atoms with Gasteiger partial charge in [-0.05, 0) is 32.3 Å². The van der Waals surface area contributed by atoms with Crippen molar-refractivity contribution in [2.45, 2.75) is 6.61 Å². The molecular weight excluding hydrogens is 316 g/mol. The molecule has 0 unspecified atom stereocenters. The van der Waals surface area contributed by atoms with Crippen molar-refractivity contribution < 1.29 is 9.53 Å². The third kappa shape index (κ3) is 2.85. The zero-order valence-electron chi connectivity index (χ0n) is 14.3. The van der Waals surface area contributed by atoms with E-state index in [-0.39, 0.29) is 5.91 Å². The molecule has 0 fully saturated rings. The van der Waals surface area contributed by atoms with Crippen molar-refractivity contribution in [3.05, 3.63) is 47.5 Å². The number of carbonyl (C=O) groups excluding carboxylic acids is 1. The molecule has 6 nitrogen and oxygen atoms in total. The summed E-state index contributed by atoms with van der Waals surface area (Å²) >= 11 is 0. The van der Waals surface area contributed by atoms with Gasteiger partial charge in [-0.3, -0.25) is 4.79 Å². The molecule has 0 bridgehead atoms. The molecule has 2 N–H and O–H groups in total. The maximum atomic E-state index is 12.5. The fraction of sp³-hybridized carbons (Fsp3) is 0.263. The first-order chi connectivity index (χ1) is 12.1. The summed E-state index contributed by atoms with van der Waals surface area (Å²) in [6.07, 6.45) is 0. The molecule has 1 aliphatic rings. The number of fused-ring (bicyclic) bond motifs is 2. The number of ether oxygens (including phenoxy) is 1. The summed E-state index contributed by atoms with van der Waals surface area (Å²) in [5.74, 6) is 1.49. The van der Waals surface area contributed by atoms with Crippen LogP contribution < -0.4 is 10.1 Å². The van der Waals surface area contributed by atoms with Gasteiger partial charge in [0.15, 0.2) is 0 Å². The van der Waals surface area contributed by atoms with Gasteiger partial charge in [0.25, 0.3) is 5.91 Å². The average molecular weight is 336 g/mol. The van der Waals surface area contributed by atoms with Crippen LogP contribution in [-0.4, -0.2) is 48.0 Å². The summed E-state index contributed by atoms with van der Waals surface area (Å²) in [7, 11) is 3.95. The molecule has 6 heteroatoms. The molecule has 3 aromatic rings. The Bertz CT molecular complexity index is 946. The molecule has 4 rings (SSSR count). The number of aromatic nitrogens is 2. The molecule has 2 aromatic carbocycles. The molecular formula is C19H20N4O2. The zero-order valence-corrected chi connectivity index (χ0v) is 14.3. The first-order valence-corrected chi connectivity index (χ1v) is 8.30. The lowest BCUT2D eigenvalue weighted by Crippen LogP contribution is -2.31. The Morgan fingerprint density at radius 3 is 2.88 bits per heavy atom. The van der Waals surface area contributed by atoms with Gasteiger partial charge in [-0.25, -0.2) is 4.98 Å². The fourth-order valence-corrected chi connectivity index (χ4v) is 2.96. The molecule has 2 heterocycles. The molecule has 0 aliphatic carbocycles. The number of hydrogen-bond donors (Lipinski definition) is 2. The maximum Gasteiger partial charge on any atom is 0.253 e. The Morgan fingerprint density at radius 2 is 2.12 bits per heavy atom. The van der Waals surface area contributed by atoms with Gasteiger partial charge in [-0.2, -0.15) is 0 Å². The van der Waals surface area contributed by atoms with Crippen molar-refractivity contribution in [1.29, 1.82) is 0 Å². The molecule has 128 valence electrons. The maximum absolute atomic E-state index is 12.5. The van der Waals surface area contributed by atoms with Crippen LogP contribution in [0.2, 0.25) is 0 Å². The highest BCUT2D eigenvalue weighted by Gasteiger charge is 2.22. The van der Waals surface area contributed by atoms with E-state index in [1.807, 2.05) is 43.3 Å². The van der Waals surface area contributed by atoms with E-state index in [4.69, 9.17) is 4.74 Å². The van der Waals surface area contributed by atoms with Crippen LogP contribution in [-0.2, 0) is 6.61 Å². The molecule has 1 aliphatic heterocycles. The molecule has 1 aromatic heterocycles. The lowest BCUT2D eigenvalue weighted by Gasteiger charge is -2.22. The monoisotopic (exact) mass is 336 g/mol. The number of aromatic amines is 1. The van der Waals surface area contributed by atoms with E-state index in [0.29, 0.717) is 24.2 Å². The number of imidazole rings is 1. The average Bonchev–Trinajstić information content (AvgIpc) is 2.99. The highest BCUT2D eigenvalue weighted by atomic mass is 16.5. The second kappa shape index (κ2) is 6.22. The van der Waals surface area contributed by atoms with Gasteiger partial charge in [0, 0.05) is 18.7 Å². The van der Waals surface area contributed by atoms with Crippen molar-refractivity contribution in [3.63, 3.8) is 0 Å². The van der Waals surface area contributed by atoms with E-state index in [1.54, 1.807) is 6.07 Å². The minimum atomic E-state index is -0.109. The SMILES string of the molecule is CN(C)CCNC(=O)c1cccc2[nH]c(-c3cccc4c3OC4)nc12. The Hall–Kier alpha value is -2.86. The van der Waals surface area contributed by atoms with E-state index in [9.17, 15) is 4.79 Å².